The molecule has 0 amide bonds. The van der Waals surface area contributed by atoms with Gasteiger partial charge in [-0.3, -0.25) is 5.10 Å². The number of ether oxygens (including phenoxy) is 1. The van der Waals surface area contributed by atoms with E-state index in [-0.39, 0.29) is 6.61 Å². The molecule has 7 heteroatoms. The summed E-state index contributed by atoms with van der Waals surface area (Å²) in [6.07, 6.45) is 3.46. The number of rotatable bonds is 5. The van der Waals surface area contributed by atoms with Crippen LogP contribution >= 0.6 is 11.6 Å². The molecule has 0 fully saturated rings. The van der Waals surface area contributed by atoms with Crippen molar-refractivity contribution in [3.8, 4) is 17.0 Å². The van der Waals surface area contributed by atoms with E-state index in [4.69, 9.17) is 21.4 Å². The van der Waals surface area contributed by atoms with Gasteiger partial charge in [0.25, 0.3) is 0 Å². The van der Waals surface area contributed by atoms with Crippen molar-refractivity contribution >= 4 is 28.2 Å². The van der Waals surface area contributed by atoms with Gasteiger partial charge in [0, 0.05) is 29.4 Å². The molecule has 2 heterocycles. The summed E-state index contributed by atoms with van der Waals surface area (Å²) in [5, 5.41) is 20.3. The van der Waals surface area contributed by atoms with Crippen molar-refractivity contribution in [1.82, 2.24) is 15.2 Å². The number of H-pyrrole nitrogens is 1. The summed E-state index contributed by atoms with van der Waals surface area (Å²) in [6, 6.07) is 5.56. The summed E-state index contributed by atoms with van der Waals surface area (Å²) >= 11 is 6.19. The number of fused-ring (bicyclic) bond motifs is 1. The lowest BCUT2D eigenvalue weighted by Crippen LogP contribution is -2.06. The third-order valence-corrected chi connectivity index (χ3v) is 3.61. The molecule has 6 nitrogen and oxygen atoms in total. The second-order valence-corrected chi connectivity index (χ2v) is 5.08. The van der Waals surface area contributed by atoms with Crippen molar-refractivity contribution in [2.75, 3.05) is 25.6 Å². The molecule has 0 bridgehead atoms. The fourth-order valence-electron chi connectivity index (χ4n) is 2.31. The number of hydrogen-bond acceptors (Lipinski definition) is 5. The molecule has 0 aliphatic carbocycles. The largest absolute Gasteiger partial charge is 0.493 e. The average molecular weight is 319 g/mol. The Labute approximate surface area is 132 Å². The lowest BCUT2D eigenvalue weighted by atomic mass is 10.1. The van der Waals surface area contributed by atoms with Gasteiger partial charge in [0.05, 0.1) is 30.6 Å². The minimum absolute atomic E-state index is 0.0373. The maximum absolute atomic E-state index is 9.06. The van der Waals surface area contributed by atoms with Crippen molar-refractivity contribution in [3.63, 3.8) is 0 Å². The van der Waals surface area contributed by atoms with Crippen molar-refractivity contribution in [1.29, 1.82) is 0 Å². The van der Waals surface area contributed by atoms with E-state index >= 15 is 0 Å². The highest BCUT2D eigenvalue weighted by Crippen LogP contribution is 2.37. The Morgan fingerprint density at radius 2 is 2.27 bits per heavy atom. The van der Waals surface area contributed by atoms with Gasteiger partial charge in [0.15, 0.2) is 5.75 Å². The molecule has 2 aromatic heterocycles. The van der Waals surface area contributed by atoms with Crippen LogP contribution in [0.2, 0.25) is 5.02 Å². The fraction of sp³-hybridized carbons (Fsp3) is 0.200. The molecule has 0 saturated heterocycles. The van der Waals surface area contributed by atoms with Crippen LogP contribution in [0.15, 0.2) is 30.6 Å². The molecule has 0 saturated carbocycles. The van der Waals surface area contributed by atoms with Gasteiger partial charge in [0.2, 0.25) is 0 Å². The monoisotopic (exact) mass is 318 g/mol. The van der Waals surface area contributed by atoms with E-state index < -0.39 is 0 Å². The highest BCUT2D eigenvalue weighted by Gasteiger charge is 2.14. The first kappa shape index (κ1) is 14.6. The molecule has 3 N–H and O–H groups in total. The number of anilines is 1. The van der Waals surface area contributed by atoms with Crippen LogP contribution in [-0.4, -0.2) is 40.5 Å². The number of benzene rings is 1. The first-order chi connectivity index (χ1) is 10.7. The Bertz CT molecular complexity index is 790. The van der Waals surface area contributed by atoms with Gasteiger partial charge < -0.3 is 15.2 Å². The van der Waals surface area contributed by atoms with E-state index in [1.165, 1.54) is 0 Å². The molecular weight excluding hydrogens is 304 g/mol. The van der Waals surface area contributed by atoms with Crippen LogP contribution < -0.4 is 10.1 Å². The Kier molecular flexibility index (Phi) is 4.13. The zero-order valence-corrected chi connectivity index (χ0v) is 12.7. The smallest absolute Gasteiger partial charge is 0.163 e. The number of aliphatic hydroxyl groups is 1. The molecule has 0 unspecified atom stereocenters. The number of aliphatic hydroxyl groups excluding tert-OH is 1. The molecule has 0 aliphatic rings. The molecule has 114 valence electrons. The Morgan fingerprint density at radius 3 is 2.95 bits per heavy atom. The molecule has 0 aliphatic heterocycles. The van der Waals surface area contributed by atoms with E-state index in [1.54, 1.807) is 25.6 Å². The first-order valence-corrected chi connectivity index (χ1v) is 7.13. The number of methoxy groups -OCH3 is 1. The number of aromatic amines is 1. The summed E-state index contributed by atoms with van der Waals surface area (Å²) in [5.41, 5.74) is 3.11. The molecule has 1 aromatic carbocycles. The summed E-state index contributed by atoms with van der Waals surface area (Å²) < 4.78 is 5.40. The standard InChI is InChI=1S/C15H15ClN4O2/c1-22-15-11(16)3-2-10-13(17-4-5-21)6-12(20-14(10)15)9-7-18-19-8-9/h2-3,6-8,21H,4-5H2,1H3,(H,17,20)(H,18,19). The molecule has 22 heavy (non-hydrogen) atoms. The molecule has 0 spiro atoms. The van der Waals surface area contributed by atoms with Gasteiger partial charge in [0.1, 0.15) is 5.52 Å². The Morgan fingerprint density at radius 1 is 1.41 bits per heavy atom. The highest BCUT2D eigenvalue weighted by molar-refractivity contribution is 6.33. The van der Waals surface area contributed by atoms with E-state index in [0.29, 0.717) is 22.8 Å². The van der Waals surface area contributed by atoms with Gasteiger partial charge >= 0.3 is 0 Å². The number of nitrogens with one attached hydrogen (secondary N) is 2. The number of pyridine rings is 1. The van der Waals surface area contributed by atoms with E-state index in [1.807, 2.05) is 12.1 Å². The molecule has 3 aromatic rings. The van der Waals surface area contributed by atoms with Crippen LogP contribution in [0.1, 0.15) is 0 Å². The van der Waals surface area contributed by atoms with Crippen molar-refractivity contribution < 1.29 is 9.84 Å². The maximum Gasteiger partial charge on any atom is 0.163 e. The fourth-order valence-corrected chi connectivity index (χ4v) is 2.54. The van der Waals surface area contributed by atoms with Crippen molar-refractivity contribution in [2.45, 2.75) is 0 Å². The van der Waals surface area contributed by atoms with Crippen LogP contribution in [0.3, 0.4) is 0 Å². The minimum atomic E-state index is 0.0373. The Hall–Kier alpha value is -2.31. The normalized spacial score (nSPS) is 10.9. The first-order valence-electron chi connectivity index (χ1n) is 6.75. The van der Waals surface area contributed by atoms with Gasteiger partial charge in [-0.25, -0.2) is 4.98 Å². The summed E-state index contributed by atoms with van der Waals surface area (Å²) in [7, 11) is 1.56. The second-order valence-electron chi connectivity index (χ2n) is 4.67. The zero-order chi connectivity index (χ0) is 15.5. The third kappa shape index (κ3) is 2.58. The van der Waals surface area contributed by atoms with E-state index in [2.05, 4.69) is 20.5 Å². The lowest BCUT2D eigenvalue weighted by molar-refractivity contribution is 0.311. The van der Waals surface area contributed by atoms with Crippen LogP contribution in [-0.2, 0) is 0 Å². The van der Waals surface area contributed by atoms with Gasteiger partial charge in [-0.1, -0.05) is 11.6 Å². The molecule has 0 atom stereocenters. The van der Waals surface area contributed by atoms with Crippen LogP contribution in [0.4, 0.5) is 5.69 Å². The maximum atomic E-state index is 9.06. The lowest BCUT2D eigenvalue weighted by Gasteiger charge is -2.13. The average Bonchev–Trinajstić information content (AvgIpc) is 3.06. The van der Waals surface area contributed by atoms with E-state index in [9.17, 15) is 0 Å². The summed E-state index contributed by atoms with van der Waals surface area (Å²) in [4.78, 5) is 4.65. The number of aromatic nitrogens is 3. The number of nitrogens with zero attached hydrogens (tertiary/aromatic N) is 2. The summed E-state index contributed by atoms with van der Waals surface area (Å²) in [5.74, 6) is 0.525. The topological polar surface area (TPSA) is 83.1 Å². The SMILES string of the molecule is COc1c(Cl)ccc2c(NCCO)cc(-c3cn[nH]c3)nc12. The molecule has 0 radical (unpaired) electrons. The van der Waals surface area contributed by atoms with Crippen molar-refractivity contribution in [2.24, 2.45) is 0 Å². The Balaban J connectivity index is 2.26. The van der Waals surface area contributed by atoms with Crippen molar-refractivity contribution in [3.05, 3.63) is 35.6 Å². The van der Waals surface area contributed by atoms with Crippen LogP contribution in [0.5, 0.6) is 5.75 Å². The number of halogens is 1. The molecule has 3 rings (SSSR count). The second kappa shape index (κ2) is 6.21. The van der Waals surface area contributed by atoms with Crippen LogP contribution in [0.25, 0.3) is 22.2 Å². The van der Waals surface area contributed by atoms with Gasteiger partial charge in [-0.15, -0.1) is 0 Å². The zero-order valence-electron chi connectivity index (χ0n) is 11.9. The quantitative estimate of drug-likeness (QED) is 0.673. The number of hydrogen-bond donors (Lipinski definition) is 3. The van der Waals surface area contributed by atoms with Crippen LogP contribution in [0, 0.1) is 0 Å². The predicted molar refractivity (Wildman–Crippen MR) is 86.5 cm³/mol. The summed E-state index contributed by atoms with van der Waals surface area (Å²) in [6.45, 7) is 0.477. The van der Waals surface area contributed by atoms with Gasteiger partial charge in [-0.2, -0.15) is 5.10 Å². The minimum Gasteiger partial charge on any atom is -0.493 e. The third-order valence-electron chi connectivity index (χ3n) is 3.31. The highest BCUT2D eigenvalue weighted by atomic mass is 35.5. The predicted octanol–water partition coefficient (Wildman–Crippen LogP) is 2.69. The molecular formula is C15H15ClN4O2. The van der Waals surface area contributed by atoms with Gasteiger partial charge in [-0.05, 0) is 18.2 Å². The van der Waals surface area contributed by atoms with E-state index in [0.717, 1.165) is 22.3 Å².